The van der Waals surface area contributed by atoms with E-state index in [1.54, 1.807) is 12.1 Å². The molecule has 0 spiro atoms. The van der Waals surface area contributed by atoms with Crippen LogP contribution in [0.2, 0.25) is 0 Å². The summed E-state index contributed by atoms with van der Waals surface area (Å²) in [7, 11) is 0. The molecule has 37 heavy (non-hydrogen) atoms. The summed E-state index contributed by atoms with van der Waals surface area (Å²) in [5, 5.41) is 0. The zero-order valence-corrected chi connectivity index (χ0v) is 21.7. The van der Waals surface area contributed by atoms with Crippen LogP contribution in [-0.4, -0.2) is 12.5 Å². The van der Waals surface area contributed by atoms with Crippen molar-refractivity contribution >= 4 is 0 Å². The second kappa shape index (κ2) is 12.6. The van der Waals surface area contributed by atoms with Gasteiger partial charge in [-0.1, -0.05) is 76.1 Å². The van der Waals surface area contributed by atoms with Crippen molar-refractivity contribution in [2.75, 3.05) is 0 Å². The topological polar surface area (TPSA) is 9.23 Å². The third kappa shape index (κ3) is 7.26. The highest BCUT2D eigenvalue weighted by molar-refractivity contribution is 5.65. The molecule has 2 aromatic carbocycles. The van der Waals surface area contributed by atoms with Crippen LogP contribution in [0, 0.1) is 23.6 Å². The van der Waals surface area contributed by atoms with Gasteiger partial charge in [0.1, 0.15) is 11.6 Å². The molecule has 204 valence electrons. The van der Waals surface area contributed by atoms with Crippen LogP contribution in [0.25, 0.3) is 11.1 Å². The third-order valence-corrected chi connectivity index (χ3v) is 8.58. The molecular formula is C31H39F5O. The number of fused-ring (bicyclic) bond motifs is 1. The van der Waals surface area contributed by atoms with E-state index in [2.05, 4.69) is 11.7 Å². The highest BCUT2D eigenvalue weighted by Crippen LogP contribution is 2.48. The first kappa shape index (κ1) is 27.9. The van der Waals surface area contributed by atoms with Crippen LogP contribution < -0.4 is 4.74 Å². The number of hydrogen-bond donors (Lipinski definition) is 0. The summed E-state index contributed by atoms with van der Waals surface area (Å²) in [5.74, 6) is 2.04. The standard InChI is InChI=1S/C31H39F5O/c1-2-3-4-5-6-7-21-8-9-24-19-25(11-10-23(24)18-21)26-14-17-28(29(32)20-26)22-12-15-27(16-13-22)37-31(35,36)30(33)34/h12-17,20-21,23-25,30H,2-11,18-19H2,1H3. The molecule has 2 aliphatic carbocycles. The Balaban J connectivity index is 1.32. The monoisotopic (exact) mass is 522 g/mol. The van der Waals surface area contributed by atoms with E-state index >= 15 is 4.39 Å². The fourth-order valence-corrected chi connectivity index (χ4v) is 6.51. The predicted octanol–water partition coefficient (Wildman–Crippen LogP) is 10.4. The minimum absolute atomic E-state index is 0.351. The van der Waals surface area contributed by atoms with Gasteiger partial charge >= 0.3 is 12.5 Å². The fraction of sp³-hybridized carbons (Fsp3) is 0.613. The van der Waals surface area contributed by atoms with Gasteiger partial charge in [0.25, 0.3) is 0 Å². The molecule has 0 saturated heterocycles. The van der Waals surface area contributed by atoms with Crippen molar-refractivity contribution in [3.05, 3.63) is 53.8 Å². The van der Waals surface area contributed by atoms with Crippen molar-refractivity contribution in [1.82, 2.24) is 0 Å². The molecule has 1 nitrogen and oxygen atoms in total. The first-order chi connectivity index (χ1) is 17.8. The molecule has 0 heterocycles. The van der Waals surface area contributed by atoms with Gasteiger partial charge in [-0.15, -0.1) is 0 Å². The second-order valence-corrected chi connectivity index (χ2v) is 11.1. The van der Waals surface area contributed by atoms with Gasteiger partial charge in [-0.05, 0) is 85.1 Å². The summed E-state index contributed by atoms with van der Waals surface area (Å²) in [6.45, 7) is 2.26. The van der Waals surface area contributed by atoms with E-state index < -0.39 is 18.3 Å². The summed E-state index contributed by atoms with van der Waals surface area (Å²) in [5.41, 5.74) is 1.85. The maximum absolute atomic E-state index is 15.1. The molecule has 0 aliphatic heterocycles. The fourth-order valence-electron chi connectivity index (χ4n) is 6.51. The van der Waals surface area contributed by atoms with Crippen LogP contribution in [0.5, 0.6) is 5.75 Å². The molecule has 0 radical (unpaired) electrons. The minimum Gasteiger partial charge on any atom is -0.428 e. The summed E-state index contributed by atoms with van der Waals surface area (Å²) < 4.78 is 70.1. The molecule has 0 bridgehead atoms. The molecule has 4 unspecified atom stereocenters. The first-order valence-corrected chi connectivity index (χ1v) is 14.0. The van der Waals surface area contributed by atoms with Crippen LogP contribution in [0.3, 0.4) is 0 Å². The van der Waals surface area contributed by atoms with Gasteiger partial charge in [0.2, 0.25) is 0 Å². The summed E-state index contributed by atoms with van der Waals surface area (Å²) in [6, 6.07) is 10.4. The number of halogens is 5. The number of rotatable bonds is 11. The molecular weight excluding hydrogens is 483 g/mol. The van der Waals surface area contributed by atoms with Gasteiger partial charge in [-0.25, -0.2) is 4.39 Å². The Hall–Kier alpha value is -2.11. The van der Waals surface area contributed by atoms with Crippen LogP contribution in [0.1, 0.15) is 95.5 Å². The van der Waals surface area contributed by atoms with E-state index in [1.165, 1.54) is 76.3 Å². The average molecular weight is 523 g/mol. The van der Waals surface area contributed by atoms with E-state index in [9.17, 15) is 17.6 Å². The van der Waals surface area contributed by atoms with Gasteiger partial charge in [-0.3, -0.25) is 0 Å². The number of unbranched alkanes of at least 4 members (excludes halogenated alkanes) is 4. The normalized spacial score (nSPS) is 24.2. The van der Waals surface area contributed by atoms with E-state index in [1.807, 2.05) is 6.07 Å². The van der Waals surface area contributed by atoms with Gasteiger partial charge in [0, 0.05) is 5.56 Å². The van der Waals surface area contributed by atoms with Gasteiger partial charge in [0.05, 0.1) is 0 Å². The molecule has 0 amide bonds. The van der Waals surface area contributed by atoms with Gasteiger partial charge in [-0.2, -0.15) is 17.6 Å². The lowest BCUT2D eigenvalue weighted by Gasteiger charge is -2.42. The maximum atomic E-state index is 15.1. The number of alkyl halides is 4. The van der Waals surface area contributed by atoms with Crippen LogP contribution in [-0.2, 0) is 0 Å². The molecule has 0 N–H and O–H groups in total. The molecule has 2 fully saturated rings. The smallest absolute Gasteiger partial charge is 0.428 e. The van der Waals surface area contributed by atoms with Crippen LogP contribution >= 0.6 is 0 Å². The van der Waals surface area contributed by atoms with Crippen molar-refractivity contribution in [3.63, 3.8) is 0 Å². The van der Waals surface area contributed by atoms with E-state index in [0.717, 1.165) is 48.3 Å². The highest BCUT2D eigenvalue weighted by Gasteiger charge is 2.44. The molecule has 6 heteroatoms. The molecule has 2 aromatic rings. The lowest BCUT2D eigenvalue weighted by Crippen LogP contribution is -2.33. The van der Waals surface area contributed by atoms with Crippen molar-refractivity contribution in [1.29, 1.82) is 0 Å². The molecule has 0 aromatic heterocycles. The number of hydrogen-bond acceptors (Lipinski definition) is 1. The van der Waals surface area contributed by atoms with Crippen LogP contribution in [0.4, 0.5) is 22.0 Å². The largest absolute Gasteiger partial charge is 0.461 e. The zero-order chi connectivity index (χ0) is 26.4. The Bertz CT molecular complexity index is 990. The Morgan fingerprint density at radius 3 is 2.27 bits per heavy atom. The van der Waals surface area contributed by atoms with Crippen molar-refractivity contribution in [3.8, 4) is 16.9 Å². The molecule has 2 aliphatic rings. The van der Waals surface area contributed by atoms with Crippen LogP contribution in [0.15, 0.2) is 42.5 Å². The molecule has 4 atom stereocenters. The minimum atomic E-state index is -4.57. The van der Waals surface area contributed by atoms with E-state index in [0.29, 0.717) is 17.0 Å². The van der Waals surface area contributed by atoms with Gasteiger partial charge < -0.3 is 4.74 Å². The Morgan fingerprint density at radius 2 is 1.57 bits per heavy atom. The Kier molecular flexibility index (Phi) is 9.52. The molecule has 2 saturated carbocycles. The Morgan fingerprint density at radius 1 is 0.865 bits per heavy atom. The van der Waals surface area contributed by atoms with Crippen molar-refractivity contribution < 1.29 is 26.7 Å². The lowest BCUT2D eigenvalue weighted by molar-refractivity contribution is -0.253. The predicted molar refractivity (Wildman–Crippen MR) is 138 cm³/mol. The third-order valence-electron chi connectivity index (χ3n) is 8.58. The van der Waals surface area contributed by atoms with E-state index in [4.69, 9.17) is 0 Å². The van der Waals surface area contributed by atoms with Crippen molar-refractivity contribution in [2.24, 2.45) is 17.8 Å². The van der Waals surface area contributed by atoms with Gasteiger partial charge in [0.15, 0.2) is 0 Å². The highest BCUT2D eigenvalue weighted by atomic mass is 19.3. The van der Waals surface area contributed by atoms with E-state index in [-0.39, 0.29) is 5.82 Å². The average Bonchev–Trinajstić information content (AvgIpc) is 2.88. The maximum Gasteiger partial charge on any atom is 0.461 e. The number of benzene rings is 2. The SMILES string of the molecule is CCCCCCCC1CCC2CC(c3ccc(-c4ccc(OC(F)(F)C(F)F)cc4)c(F)c3)CCC2C1. The quantitative estimate of drug-likeness (QED) is 0.211. The Labute approximate surface area is 217 Å². The molecule has 4 rings (SSSR count). The summed E-state index contributed by atoms with van der Waals surface area (Å²) >= 11 is 0. The summed E-state index contributed by atoms with van der Waals surface area (Å²) in [4.78, 5) is 0. The zero-order valence-electron chi connectivity index (χ0n) is 21.7. The second-order valence-electron chi connectivity index (χ2n) is 11.1. The summed E-state index contributed by atoms with van der Waals surface area (Å²) in [6.07, 6.45) is 7.05. The lowest BCUT2D eigenvalue weighted by atomic mass is 9.63. The number of ether oxygens (including phenoxy) is 1. The first-order valence-electron chi connectivity index (χ1n) is 14.0. The van der Waals surface area contributed by atoms with Crippen molar-refractivity contribution in [2.45, 2.75) is 102 Å².